The molecular weight excluding hydrogens is 236 g/mol. The number of hydrogen-bond donors (Lipinski definition) is 0. The van der Waals surface area contributed by atoms with E-state index in [2.05, 4.69) is 11.0 Å². The van der Waals surface area contributed by atoms with Crippen LogP contribution in [-0.4, -0.2) is 35.3 Å². The summed E-state index contributed by atoms with van der Waals surface area (Å²) in [6, 6.07) is 2.24. The van der Waals surface area contributed by atoms with Crippen molar-refractivity contribution < 1.29 is 9.53 Å². The van der Waals surface area contributed by atoms with Crippen molar-refractivity contribution in [3.63, 3.8) is 0 Å². The Balaban J connectivity index is 2.22. The molecule has 4 nitrogen and oxygen atoms in total. The van der Waals surface area contributed by atoms with E-state index in [4.69, 9.17) is 10.00 Å². The molecule has 17 heavy (non-hydrogen) atoms. The predicted molar refractivity (Wildman–Crippen MR) is 66.0 cm³/mol. The first kappa shape index (κ1) is 12.3. The normalized spacial score (nSPS) is 27.4. The van der Waals surface area contributed by atoms with Gasteiger partial charge in [0, 0.05) is 19.0 Å². The van der Waals surface area contributed by atoms with Crippen molar-refractivity contribution in [2.75, 3.05) is 13.1 Å². The van der Waals surface area contributed by atoms with Gasteiger partial charge in [-0.15, -0.1) is 0 Å². The van der Waals surface area contributed by atoms with E-state index in [-0.39, 0.29) is 23.2 Å². The minimum absolute atomic E-state index is 0.0562. The Labute approximate surface area is 106 Å². The summed E-state index contributed by atoms with van der Waals surface area (Å²) in [6.45, 7) is 7.27. The van der Waals surface area contributed by atoms with E-state index in [1.54, 1.807) is 0 Å². The van der Waals surface area contributed by atoms with Crippen molar-refractivity contribution in [3.8, 4) is 6.07 Å². The molecule has 1 fully saturated rings. The summed E-state index contributed by atoms with van der Waals surface area (Å²) in [4.78, 5) is 14.1. The number of esters is 1. The van der Waals surface area contributed by atoms with Gasteiger partial charge in [-0.2, -0.15) is 5.26 Å². The maximum absolute atomic E-state index is 12.0. The molecule has 0 amide bonds. The number of nitriles is 1. The fourth-order valence-electron chi connectivity index (χ4n) is 2.19. The van der Waals surface area contributed by atoms with Gasteiger partial charge in [0.15, 0.2) is 0 Å². The monoisotopic (exact) mass is 252 g/mol. The van der Waals surface area contributed by atoms with Crippen LogP contribution in [0.4, 0.5) is 0 Å². The van der Waals surface area contributed by atoms with Gasteiger partial charge in [0.2, 0.25) is 0 Å². The third-order valence-electron chi connectivity index (χ3n) is 2.85. The third kappa shape index (κ3) is 2.27. The minimum Gasteiger partial charge on any atom is -0.460 e. The summed E-state index contributed by atoms with van der Waals surface area (Å²) < 4.78 is 5.26. The zero-order chi connectivity index (χ0) is 12.6. The molecule has 2 rings (SSSR count). The number of hydrogen-bond acceptors (Lipinski definition) is 5. The van der Waals surface area contributed by atoms with Crippen molar-refractivity contribution in [2.45, 2.75) is 32.1 Å². The Morgan fingerprint density at radius 3 is 2.88 bits per heavy atom. The number of rotatable bonds is 2. The number of thioether (sulfide) groups is 1. The topological polar surface area (TPSA) is 53.3 Å². The lowest BCUT2D eigenvalue weighted by Crippen LogP contribution is -2.21. The average Bonchev–Trinajstić information content (AvgIpc) is 2.71. The molecule has 92 valence electrons. The fraction of sp³-hybridized carbons (Fsp3) is 0.667. The standard InChI is InChI=1S/C12H16N2O2S/c1-7(2)16-12(15)10-8(3)5-14-6-9(4-13)17-11(10)14/h7-9H,5-6H2,1-3H3. The molecule has 0 spiro atoms. The van der Waals surface area contributed by atoms with Gasteiger partial charge in [0.05, 0.1) is 22.8 Å². The summed E-state index contributed by atoms with van der Waals surface area (Å²) in [5.74, 6) is -0.0283. The molecule has 2 unspecified atom stereocenters. The molecule has 0 aromatic carbocycles. The Hall–Kier alpha value is -1.15. The molecule has 5 heteroatoms. The van der Waals surface area contributed by atoms with Crippen LogP contribution in [-0.2, 0) is 9.53 Å². The summed E-state index contributed by atoms with van der Waals surface area (Å²) in [5, 5.41) is 9.82. The van der Waals surface area contributed by atoms with Crippen LogP contribution in [0.25, 0.3) is 0 Å². The molecule has 0 saturated carbocycles. The summed E-state index contributed by atoms with van der Waals surface area (Å²) >= 11 is 1.49. The highest BCUT2D eigenvalue weighted by Crippen LogP contribution is 2.43. The van der Waals surface area contributed by atoms with E-state index in [1.165, 1.54) is 11.8 Å². The van der Waals surface area contributed by atoms with E-state index in [0.717, 1.165) is 23.7 Å². The summed E-state index contributed by atoms with van der Waals surface area (Å²) in [7, 11) is 0. The van der Waals surface area contributed by atoms with Gasteiger partial charge in [-0.25, -0.2) is 4.79 Å². The van der Waals surface area contributed by atoms with Crippen LogP contribution in [0.1, 0.15) is 20.8 Å². The number of fused-ring (bicyclic) bond motifs is 1. The highest BCUT2D eigenvalue weighted by Gasteiger charge is 2.40. The second-order valence-electron chi connectivity index (χ2n) is 4.71. The van der Waals surface area contributed by atoms with Crippen LogP contribution < -0.4 is 0 Å². The van der Waals surface area contributed by atoms with Crippen molar-refractivity contribution in [2.24, 2.45) is 5.92 Å². The van der Waals surface area contributed by atoms with Gasteiger partial charge in [-0.3, -0.25) is 0 Å². The highest BCUT2D eigenvalue weighted by molar-refractivity contribution is 8.04. The van der Waals surface area contributed by atoms with Crippen LogP contribution in [0.5, 0.6) is 0 Å². The SMILES string of the molecule is CC(C)OC(=O)C1=C2SC(C#N)CN2CC1C. The number of carbonyl (C=O) groups is 1. The van der Waals surface area contributed by atoms with Crippen LogP contribution in [0.3, 0.4) is 0 Å². The molecule has 2 atom stereocenters. The van der Waals surface area contributed by atoms with Crippen LogP contribution in [0.2, 0.25) is 0 Å². The first-order valence-corrected chi connectivity index (χ1v) is 6.67. The van der Waals surface area contributed by atoms with Gasteiger partial charge >= 0.3 is 5.97 Å². The number of nitrogens with zero attached hydrogens (tertiary/aromatic N) is 2. The van der Waals surface area contributed by atoms with Crippen molar-refractivity contribution >= 4 is 17.7 Å². The Bertz CT molecular complexity index is 411. The molecular formula is C12H16N2O2S. The third-order valence-corrected chi connectivity index (χ3v) is 4.09. The maximum Gasteiger partial charge on any atom is 0.337 e. The van der Waals surface area contributed by atoms with E-state index in [9.17, 15) is 4.79 Å². The number of ether oxygens (including phenoxy) is 1. The first-order valence-electron chi connectivity index (χ1n) is 5.79. The Kier molecular flexibility index (Phi) is 3.34. The van der Waals surface area contributed by atoms with Gasteiger partial charge in [0.25, 0.3) is 0 Å². The van der Waals surface area contributed by atoms with Crippen molar-refractivity contribution in [3.05, 3.63) is 10.6 Å². The summed E-state index contributed by atoms with van der Waals surface area (Å²) in [5.41, 5.74) is 0.751. The van der Waals surface area contributed by atoms with E-state index >= 15 is 0 Å². The van der Waals surface area contributed by atoms with Crippen LogP contribution in [0.15, 0.2) is 10.6 Å². The fourth-order valence-corrected chi connectivity index (χ4v) is 3.47. The van der Waals surface area contributed by atoms with Crippen LogP contribution >= 0.6 is 11.8 Å². The maximum atomic E-state index is 12.0. The lowest BCUT2D eigenvalue weighted by Gasteiger charge is -2.12. The zero-order valence-electron chi connectivity index (χ0n) is 10.3. The van der Waals surface area contributed by atoms with E-state index in [1.807, 2.05) is 20.8 Å². The average molecular weight is 252 g/mol. The molecule has 1 saturated heterocycles. The molecule has 0 aliphatic carbocycles. The highest BCUT2D eigenvalue weighted by atomic mass is 32.2. The quantitative estimate of drug-likeness (QED) is 0.701. The smallest absolute Gasteiger partial charge is 0.337 e. The van der Waals surface area contributed by atoms with Crippen LogP contribution in [0, 0.1) is 17.2 Å². The molecule has 0 N–H and O–H groups in total. The zero-order valence-corrected chi connectivity index (χ0v) is 11.1. The van der Waals surface area contributed by atoms with Gasteiger partial charge in [-0.1, -0.05) is 18.7 Å². The van der Waals surface area contributed by atoms with Crippen molar-refractivity contribution in [1.82, 2.24) is 4.90 Å². The number of carbonyl (C=O) groups excluding carboxylic acids is 1. The molecule has 0 aromatic rings. The molecule has 2 heterocycles. The molecule has 2 aliphatic rings. The van der Waals surface area contributed by atoms with Gasteiger partial charge < -0.3 is 9.64 Å². The predicted octanol–water partition coefficient (Wildman–Crippen LogP) is 1.74. The second kappa shape index (κ2) is 4.61. The Morgan fingerprint density at radius 1 is 1.59 bits per heavy atom. The van der Waals surface area contributed by atoms with E-state index in [0.29, 0.717) is 0 Å². The molecule has 0 radical (unpaired) electrons. The lowest BCUT2D eigenvalue weighted by molar-refractivity contribution is -0.143. The summed E-state index contributed by atoms with van der Waals surface area (Å²) in [6.07, 6.45) is -0.102. The molecule has 2 aliphatic heterocycles. The first-order chi connectivity index (χ1) is 8.02. The van der Waals surface area contributed by atoms with E-state index < -0.39 is 0 Å². The molecule has 0 aromatic heterocycles. The largest absolute Gasteiger partial charge is 0.460 e. The Morgan fingerprint density at radius 2 is 2.29 bits per heavy atom. The van der Waals surface area contributed by atoms with Crippen molar-refractivity contribution in [1.29, 1.82) is 5.26 Å². The van der Waals surface area contributed by atoms with Gasteiger partial charge in [-0.05, 0) is 13.8 Å². The molecule has 0 bridgehead atoms. The minimum atomic E-state index is -0.226. The van der Waals surface area contributed by atoms with Gasteiger partial charge in [0.1, 0.15) is 5.25 Å². The lowest BCUT2D eigenvalue weighted by atomic mass is 10.1. The second-order valence-corrected chi connectivity index (χ2v) is 5.91.